The fourth-order valence-electron chi connectivity index (χ4n) is 5.35. The first-order chi connectivity index (χ1) is 7.00. The molecule has 0 heterocycles. The van der Waals surface area contributed by atoms with E-state index in [1.807, 2.05) is 0 Å². The lowest BCUT2D eigenvalue weighted by atomic mass is 10.2. The molecule has 17 heavy (non-hydrogen) atoms. The molecule has 0 bridgehead atoms. The third-order valence-corrected chi connectivity index (χ3v) is 27.9. The average Bonchev–Trinajstić information content (AvgIpc) is 1.67. The van der Waals surface area contributed by atoms with Gasteiger partial charge in [0.1, 0.15) is 0 Å². The number of hydrogen-bond donors (Lipinski definition) is 0. The van der Waals surface area contributed by atoms with Gasteiger partial charge in [-0.2, -0.15) is 0 Å². The van der Waals surface area contributed by atoms with Gasteiger partial charge in [0, 0.05) is 0 Å². The Balaban J connectivity index is 6.37. The highest BCUT2D eigenvalue weighted by Gasteiger charge is 2.69. The minimum absolute atomic E-state index is 0.202. The van der Waals surface area contributed by atoms with Crippen molar-refractivity contribution >= 4 is 36.0 Å². The topological polar surface area (TPSA) is 0 Å². The third-order valence-electron chi connectivity index (χ3n) is 4.03. The standard InChI is InChI=1S/C13H30Cl2Si2/c1-11(2,3)17(12(4,5)6,13(7,8)9)16(10,14)15/h1-10H3. The lowest BCUT2D eigenvalue weighted by Gasteiger charge is -2.62. The summed E-state index contributed by atoms with van der Waals surface area (Å²) in [4.78, 5) is 0. The number of hydrogen-bond acceptors (Lipinski definition) is 0. The Bertz CT molecular complexity index is 210. The van der Waals surface area contributed by atoms with Gasteiger partial charge in [0.2, 0.25) is 6.21 Å². The highest BCUT2D eigenvalue weighted by atomic mass is 35.7. The maximum Gasteiger partial charge on any atom is 0.237 e. The van der Waals surface area contributed by atoms with Crippen molar-refractivity contribution in [2.45, 2.75) is 84.0 Å². The molecule has 0 rings (SSSR count). The monoisotopic (exact) mass is 312 g/mol. The largest absolute Gasteiger partial charge is 0.237 e. The highest BCUT2D eigenvalue weighted by molar-refractivity contribution is 7.76. The Hall–Kier alpha value is 1.01. The zero-order valence-electron chi connectivity index (χ0n) is 13.3. The second-order valence-corrected chi connectivity index (χ2v) is 28.4. The van der Waals surface area contributed by atoms with Crippen LogP contribution in [-0.4, -0.2) is 13.8 Å². The molecule has 0 aliphatic carbocycles. The van der Waals surface area contributed by atoms with Gasteiger partial charge in [-0.3, -0.25) is 0 Å². The first-order valence-corrected chi connectivity index (χ1v) is 13.9. The summed E-state index contributed by atoms with van der Waals surface area (Å²) in [6.45, 7) is 23.2. The van der Waals surface area contributed by atoms with Gasteiger partial charge in [-0.1, -0.05) is 62.3 Å². The van der Waals surface area contributed by atoms with Crippen LogP contribution in [0, 0.1) is 0 Å². The van der Waals surface area contributed by atoms with Gasteiger partial charge in [-0.15, -0.1) is 22.2 Å². The quantitative estimate of drug-likeness (QED) is 0.385. The first-order valence-electron chi connectivity index (χ1n) is 6.38. The van der Waals surface area contributed by atoms with E-state index in [0.29, 0.717) is 0 Å². The van der Waals surface area contributed by atoms with E-state index < -0.39 is 13.8 Å². The van der Waals surface area contributed by atoms with Crippen LogP contribution in [0.2, 0.25) is 21.7 Å². The van der Waals surface area contributed by atoms with Crippen LogP contribution < -0.4 is 0 Å². The van der Waals surface area contributed by atoms with Crippen LogP contribution in [0.15, 0.2) is 0 Å². The predicted octanol–water partition coefficient (Wildman–Crippen LogP) is 6.46. The molecule has 0 fully saturated rings. The minimum Gasteiger partial charge on any atom is -0.150 e. The molecule has 0 saturated heterocycles. The normalized spacial score (nSPS) is 16.2. The Morgan fingerprint density at radius 2 is 0.765 bits per heavy atom. The number of halogens is 2. The molecule has 4 heteroatoms. The first kappa shape index (κ1) is 18.0. The molecule has 0 aromatic rings. The Labute approximate surface area is 120 Å². The maximum atomic E-state index is 6.88. The van der Waals surface area contributed by atoms with Gasteiger partial charge >= 0.3 is 0 Å². The SMILES string of the molecule is CC(C)(C)[Si](C(C)(C)C)(C(C)(C)C)[Si](C)(Cl)Cl. The van der Waals surface area contributed by atoms with Crippen LogP contribution in [0.1, 0.15) is 62.3 Å². The molecule has 0 nitrogen and oxygen atoms in total. The van der Waals surface area contributed by atoms with Gasteiger partial charge in [-0.05, 0) is 21.7 Å². The van der Waals surface area contributed by atoms with Gasteiger partial charge < -0.3 is 0 Å². The van der Waals surface area contributed by atoms with E-state index in [-0.39, 0.29) is 15.1 Å². The molecular weight excluding hydrogens is 283 g/mol. The molecule has 0 aliphatic rings. The Morgan fingerprint density at radius 1 is 0.588 bits per heavy atom. The van der Waals surface area contributed by atoms with E-state index >= 15 is 0 Å². The van der Waals surface area contributed by atoms with Crippen molar-refractivity contribution in [3.8, 4) is 0 Å². The Morgan fingerprint density at radius 3 is 0.765 bits per heavy atom. The van der Waals surface area contributed by atoms with Crippen LogP contribution in [0.4, 0.5) is 0 Å². The van der Waals surface area contributed by atoms with Crippen LogP contribution in [0.25, 0.3) is 0 Å². The molecule has 0 aromatic heterocycles. The Kier molecular flexibility index (Phi) is 4.81. The molecule has 0 saturated carbocycles. The summed E-state index contributed by atoms with van der Waals surface area (Å²) in [5.74, 6) is 0. The van der Waals surface area contributed by atoms with Gasteiger partial charge in [-0.25, -0.2) is 0 Å². The van der Waals surface area contributed by atoms with Crippen molar-refractivity contribution in [2.75, 3.05) is 0 Å². The zero-order valence-corrected chi connectivity index (χ0v) is 16.8. The van der Waals surface area contributed by atoms with E-state index in [4.69, 9.17) is 22.2 Å². The zero-order chi connectivity index (χ0) is 14.5. The van der Waals surface area contributed by atoms with Crippen LogP contribution in [-0.2, 0) is 0 Å². The lowest BCUT2D eigenvalue weighted by Crippen LogP contribution is -2.70. The van der Waals surface area contributed by atoms with E-state index in [1.54, 1.807) is 0 Å². The van der Waals surface area contributed by atoms with Gasteiger partial charge in [0.15, 0.2) is 0 Å². The van der Waals surface area contributed by atoms with Crippen LogP contribution in [0.3, 0.4) is 0 Å². The molecule has 0 radical (unpaired) electrons. The molecule has 0 unspecified atom stereocenters. The lowest BCUT2D eigenvalue weighted by molar-refractivity contribution is 0.554. The second kappa shape index (κ2) is 4.54. The summed E-state index contributed by atoms with van der Waals surface area (Å²) < 4.78 is 0. The smallest absolute Gasteiger partial charge is 0.150 e. The summed E-state index contributed by atoms with van der Waals surface area (Å²) in [6.07, 6.45) is -2.26. The van der Waals surface area contributed by atoms with Crippen molar-refractivity contribution in [3.05, 3.63) is 0 Å². The van der Waals surface area contributed by atoms with Crippen molar-refractivity contribution in [1.29, 1.82) is 0 Å². The molecule has 0 amide bonds. The van der Waals surface area contributed by atoms with Gasteiger partial charge in [0.05, 0.1) is 7.59 Å². The molecule has 0 atom stereocenters. The summed E-state index contributed by atoms with van der Waals surface area (Å²) in [5, 5.41) is 0.607. The fourth-order valence-corrected chi connectivity index (χ4v) is 43.2. The summed E-state index contributed by atoms with van der Waals surface area (Å²) in [5.41, 5.74) is 0. The third kappa shape index (κ3) is 2.80. The second-order valence-electron chi connectivity index (χ2n) is 8.39. The molecule has 0 N–H and O–H groups in total. The van der Waals surface area contributed by atoms with E-state index in [1.165, 1.54) is 0 Å². The van der Waals surface area contributed by atoms with Crippen LogP contribution in [0.5, 0.6) is 0 Å². The molecule has 0 aliphatic heterocycles. The average molecular weight is 313 g/mol. The van der Waals surface area contributed by atoms with Crippen molar-refractivity contribution in [3.63, 3.8) is 0 Å². The molecule has 104 valence electrons. The van der Waals surface area contributed by atoms with E-state index in [2.05, 4.69) is 68.9 Å². The molecular formula is C13H30Cl2Si2. The molecule has 0 aromatic carbocycles. The van der Waals surface area contributed by atoms with Gasteiger partial charge in [0.25, 0.3) is 0 Å². The van der Waals surface area contributed by atoms with Crippen molar-refractivity contribution in [2.24, 2.45) is 0 Å². The fraction of sp³-hybridized carbons (Fsp3) is 1.00. The van der Waals surface area contributed by atoms with E-state index in [9.17, 15) is 0 Å². The van der Waals surface area contributed by atoms with Crippen molar-refractivity contribution < 1.29 is 0 Å². The van der Waals surface area contributed by atoms with Crippen molar-refractivity contribution in [1.82, 2.24) is 0 Å². The van der Waals surface area contributed by atoms with Crippen LogP contribution >= 0.6 is 22.2 Å². The number of rotatable bonds is 1. The molecule has 0 spiro atoms. The van der Waals surface area contributed by atoms with E-state index in [0.717, 1.165) is 0 Å². The minimum atomic E-state index is -2.26. The highest BCUT2D eigenvalue weighted by Crippen LogP contribution is 2.66. The summed E-state index contributed by atoms with van der Waals surface area (Å²) in [7, 11) is -1.93. The maximum absolute atomic E-state index is 6.88. The predicted molar refractivity (Wildman–Crippen MR) is 88.2 cm³/mol. The summed E-state index contributed by atoms with van der Waals surface area (Å²) >= 11 is 13.8. The summed E-state index contributed by atoms with van der Waals surface area (Å²) in [6, 6.07) is 0.